The first-order valence-electron chi connectivity index (χ1n) is 5.99. The summed E-state index contributed by atoms with van der Waals surface area (Å²) in [6.07, 6.45) is 3.68. The molecule has 0 saturated carbocycles. The Morgan fingerprint density at radius 1 is 1.42 bits per heavy atom. The van der Waals surface area contributed by atoms with Gasteiger partial charge in [0.25, 0.3) is 0 Å². The minimum atomic E-state index is -0.292. The number of rotatable bonds is 2. The van der Waals surface area contributed by atoms with Crippen molar-refractivity contribution in [3.8, 4) is 0 Å². The van der Waals surface area contributed by atoms with E-state index in [4.69, 9.17) is 10.2 Å². The number of nitrogens with two attached hydrogens (primary N) is 1. The van der Waals surface area contributed by atoms with Gasteiger partial charge in [0.15, 0.2) is 0 Å². The summed E-state index contributed by atoms with van der Waals surface area (Å²) in [5.41, 5.74) is 9.15. The molecular weight excluding hydrogens is 306 g/mol. The minimum Gasteiger partial charge on any atom is -0.459 e. The van der Waals surface area contributed by atoms with Crippen LogP contribution in [0.2, 0.25) is 0 Å². The predicted octanol–water partition coefficient (Wildman–Crippen LogP) is 3.29. The second-order valence-electron chi connectivity index (χ2n) is 4.66. The van der Waals surface area contributed by atoms with Crippen LogP contribution >= 0.6 is 15.9 Å². The van der Waals surface area contributed by atoms with Crippen LogP contribution in [-0.4, -0.2) is 9.78 Å². The molecular formula is C14H14BrN3O. The van der Waals surface area contributed by atoms with Crippen LogP contribution < -0.4 is 5.73 Å². The summed E-state index contributed by atoms with van der Waals surface area (Å²) >= 11 is 3.47. The Bertz CT molecular complexity index is 744. The second kappa shape index (κ2) is 4.51. The number of halogens is 1. The highest BCUT2D eigenvalue weighted by Gasteiger charge is 2.19. The van der Waals surface area contributed by atoms with Crippen molar-refractivity contribution in [3.63, 3.8) is 0 Å². The van der Waals surface area contributed by atoms with Gasteiger partial charge in [-0.1, -0.05) is 15.9 Å². The van der Waals surface area contributed by atoms with Crippen molar-refractivity contribution in [2.75, 3.05) is 0 Å². The van der Waals surface area contributed by atoms with Gasteiger partial charge >= 0.3 is 0 Å². The van der Waals surface area contributed by atoms with Crippen molar-refractivity contribution >= 4 is 26.9 Å². The molecule has 1 aromatic carbocycles. The van der Waals surface area contributed by atoms with Crippen molar-refractivity contribution in [1.29, 1.82) is 0 Å². The molecule has 3 aromatic rings. The number of aryl methyl sites for hydroxylation is 2. The molecule has 2 aromatic heterocycles. The first-order valence-corrected chi connectivity index (χ1v) is 6.78. The summed E-state index contributed by atoms with van der Waals surface area (Å²) < 4.78 is 8.67. The summed E-state index contributed by atoms with van der Waals surface area (Å²) in [5, 5.41) is 5.24. The van der Waals surface area contributed by atoms with E-state index in [0.29, 0.717) is 0 Å². The molecule has 0 fully saturated rings. The van der Waals surface area contributed by atoms with Gasteiger partial charge in [-0.3, -0.25) is 4.68 Å². The van der Waals surface area contributed by atoms with E-state index in [1.54, 1.807) is 10.9 Å². The maximum atomic E-state index is 6.27. The van der Waals surface area contributed by atoms with Crippen molar-refractivity contribution in [1.82, 2.24) is 9.78 Å². The van der Waals surface area contributed by atoms with Crippen molar-refractivity contribution in [2.45, 2.75) is 13.0 Å². The molecule has 19 heavy (non-hydrogen) atoms. The van der Waals surface area contributed by atoms with Gasteiger partial charge < -0.3 is 10.2 Å². The molecule has 0 radical (unpaired) electrons. The van der Waals surface area contributed by atoms with Crippen LogP contribution in [0.1, 0.15) is 22.9 Å². The monoisotopic (exact) mass is 319 g/mol. The molecule has 1 atom stereocenters. The number of fused-ring (bicyclic) bond motifs is 1. The molecule has 0 aliphatic carbocycles. The van der Waals surface area contributed by atoms with E-state index in [0.717, 1.165) is 32.3 Å². The molecule has 2 heterocycles. The van der Waals surface area contributed by atoms with Crippen LogP contribution in [0.15, 0.2) is 39.5 Å². The molecule has 4 nitrogen and oxygen atoms in total. The maximum absolute atomic E-state index is 6.27. The summed E-state index contributed by atoms with van der Waals surface area (Å²) in [5.74, 6) is 0.793. The summed E-state index contributed by atoms with van der Waals surface area (Å²) in [6.45, 7) is 2.03. The standard InChI is InChI=1S/C14H14BrN3O/c1-8-11-5-10(15)3-4-12(11)19-14(8)13(16)9-6-17-18(2)7-9/h3-7,13H,16H2,1-2H3. The Labute approximate surface area is 119 Å². The molecule has 0 aliphatic heterocycles. The fourth-order valence-corrected chi connectivity index (χ4v) is 2.62. The molecule has 2 N–H and O–H groups in total. The van der Waals surface area contributed by atoms with Crippen LogP contribution in [0.3, 0.4) is 0 Å². The largest absolute Gasteiger partial charge is 0.459 e. The summed E-state index contributed by atoms with van der Waals surface area (Å²) in [7, 11) is 1.87. The lowest BCUT2D eigenvalue weighted by Gasteiger charge is -2.06. The first-order chi connectivity index (χ1) is 9.06. The highest BCUT2D eigenvalue weighted by Crippen LogP contribution is 2.32. The van der Waals surface area contributed by atoms with Crippen LogP contribution in [0.5, 0.6) is 0 Å². The van der Waals surface area contributed by atoms with Gasteiger partial charge in [0.2, 0.25) is 0 Å². The van der Waals surface area contributed by atoms with Crippen LogP contribution in [0.4, 0.5) is 0 Å². The Kier molecular flexibility index (Phi) is 2.95. The third kappa shape index (κ3) is 2.09. The lowest BCUT2D eigenvalue weighted by atomic mass is 10.0. The Morgan fingerprint density at radius 2 is 2.21 bits per heavy atom. The third-order valence-electron chi connectivity index (χ3n) is 3.30. The van der Waals surface area contributed by atoms with Crippen molar-refractivity contribution in [3.05, 3.63) is 52.0 Å². The molecule has 98 valence electrons. The fourth-order valence-electron chi connectivity index (χ4n) is 2.26. The smallest absolute Gasteiger partial charge is 0.134 e. The van der Waals surface area contributed by atoms with Crippen molar-refractivity contribution < 1.29 is 4.42 Å². The van der Waals surface area contributed by atoms with Gasteiger partial charge in [0.05, 0.1) is 12.2 Å². The zero-order valence-corrected chi connectivity index (χ0v) is 12.3. The van der Waals surface area contributed by atoms with Crippen LogP contribution in [0.25, 0.3) is 11.0 Å². The van der Waals surface area contributed by atoms with E-state index in [1.807, 2.05) is 38.4 Å². The summed E-state index contributed by atoms with van der Waals surface area (Å²) in [4.78, 5) is 0. The van der Waals surface area contributed by atoms with Crippen molar-refractivity contribution in [2.24, 2.45) is 12.8 Å². The summed E-state index contributed by atoms with van der Waals surface area (Å²) in [6, 6.07) is 5.67. The van der Waals surface area contributed by atoms with E-state index in [-0.39, 0.29) is 6.04 Å². The van der Waals surface area contributed by atoms with E-state index in [1.165, 1.54) is 0 Å². The number of benzene rings is 1. The number of aromatic nitrogens is 2. The zero-order valence-electron chi connectivity index (χ0n) is 10.7. The van der Waals surface area contributed by atoms with Gasteiger partial charge in [-0.05, 0) is 25.1 Å². The highest BCUT2D eigenvalue weighted by atomic mass is 79.9. The molecule has 1 unspecified atom stereocenters. The Hall–Kier alpha value is -1.59. The second-order valence-corrected chi connectivity index (χ2v) is 5.57. The minimum absolute atomic E-state index is 0.292. The molecule has 3 rings (SSSR count). The lowest BCUT2D eigenvalue weighted by molar-refractivity contribution is 0.521. The predicted molar refractivity (Wildman–Crippen MR) is 77.9 cm³/mol. The molecule has 0 aliphatic rings. The van der Waals surface area contributed by atoms with E-state index < -0.39 is 0 Å². The molecule has 0 spiro atoms. The van der Waals surface area contributed by atoms with Crippen LogP contribution in [0, 0.1) is 6.92 Å². The van der Waals surface area contributed by atoms with Gasteiger partial charge in [0.1, 0.15) is 11.3 Å². The number of hydrogen-bond acceptors (Lipinski definition) is 3. The Morgan fingerprint density at radius 3 is 2.89 bits per heavy atom. The maximum Gasteiger partial charge on any atom is 0.134 e. The van der Waals surface area contributed by atoms with Gasteiger partial charge in [-0.15, -0.1) is 0 Å². The molecule has 0 amide bonds. The van der Waals surface area contributed by atoms with Gasteiger partial charge in [-0.2, -0.15) is 5.10 Å². The molecule has 0 saturated heterocycles. The highest BCUT2D eigenvalue weighted by molar-refractivity contribution is 9.10. The first kappa shape index (κ1) is 12.4. The number of hydrogen-bond donors (Lipinski definition) is 1. The topological polar surface area (TPSA) is 57.0 Å². The third-order valence-corrected chi connectivity index (χ3v) is 3.79. The zero-order chi connectivity index (χ0) is 13.6. The normalized spacial score (nSPS) is 13.1. The molecule has 0 bridgehead atoms. The SMILES string of the molecule is Cc1c(C(N)c2cnn(C)c2)oc2ccc(Br)cc12. The number of nitrogens with zero attached hydrogens (tertiary/aromatic N) is 2. The van der Waals surface area contributed by atoms with Crippen LogP contribution in [-0.2, 0) is 7.05 Å². The van der Waals surface area contributed by atoms with E-state index in [9.17, 15) is 0 Å². The lowest BCUT2D eigenvalue weighted by Crippen LogP contribution is -2.11. The van der Waals surface area contributed by atoms with E-state index >= 15 is 0 Å². The van der Waals surface area contributed by atoms with Gasteiger partial charge in [-0.25, -0.2) is 0 Å². The van der Waals surface area contributed by atoms with Gasteiger partial charge in [0, 0.05) is 34.2 Å². The Balaban J connectivity index is 2.12. The van der Waals surface area contributed by atoms with E-state index in [2.05, 4.69) is 21.0 Å². The molecule has 5 heteroatoms. The average Bonchev–Trinajstić information content (AvgIpc) is 2.94. The quantitative estimate of drug-likeness (QED) is 0.788. The average molecular weight is 320 g/mol. The number of furan rings is 1. The fraction of sp³-hybridized carbons (Fsp3) is 0.214.